The van der Waals surface area contributed by atoms with Crippen molar-refractivity contribution >= 4 is 12.1 Å². The van der Waals surface area contributed by atoms with E-state index in [1.807, 2.05) is 12.1 Å². The Kier molecular flexibility index (Phi) is 6.01. The third kappa shape index (κ3) is 4.62. The number of likely N-dealkylation sites (tertiary alicyclic amines) is 1. The molecule has 0 bridgehead atoms. The van der Waals surface area contributed by atoms with Gasteiger partial charge in [0.05, 0.1) is 18.7 Å². The molecule has 0 aromatic heterocycles. The predicted molar refractivity (Wildman–Crippen MR) is 88.2 cm³/mol. The SMILES string of the molecule is COC(=O)N1CCC(NC(=O)N(C)Cc2ccc(C#N)cc2)CC1. The maximum absolute atomic E-state index is 12.3. The van der Waals surface area contributed by atoms with Gasteiger partial charge in [0.25, 0.3) is 0 Å². The van der Waals surface area contributed by atoms with E-state index in [1.54, 1.807) is 29.0 Å². The molecule has 1 heterocycles. The van der Waals surface area contributed by atoms with E-state index in [0.29, 0.717) is 38.0 Å². The van der Waals surface area contributed by atoms with Crippen LogP contribution in [-0.4, -0.2) is 55.2 Å². The molecule has 1 aromatic rings. The van der Waals surface area contributed by atoms with Crippen LogP contribution in [0, 0.1) is 11.3 Å². The fourth-order valence-corrected chi connectivity index (χ4v) is 2.65. The van der Waals surface area contributed by atoms with Crippen LogP contribution >= 0.6 is 0 Å². The zero-order chi connectivity index (χ0) is 17.5. The van der Waals surface area contributed by atoms with Crippen LogP contribution in [0.1, 0.15) is 24.0 Å². The molecule has 1 fully saturated rings. The highest BCUT2D eigenvalue weighted by molar-refractivity contribution is 5.74. The number of urea groups is 1. The number of hydrogen-bond donors (Lipinski definition) is 1. The minimum Gasteiger partial charge on any atom is -0.453 e. The van der Waals surface area contributed by atoms with Crippen molar-refractivity contribution in [1.29, 1.82) is 5.26 Å². The van der Waals surface area contributed by atoms with Crippen LogP contribution in [0.25, 0.3) is 0 Å². The molecule has 1 aliphatic rings. The van der Waals surface area contributed by atoms with E-state index in [4.69, 9.17) is 10.00 Å². The standard InChI is InChI=1S/C17H22N4O3/c1-20(12-14-5-3-13(11-18)4-6-14)16(22)19-15-7-9-21(10-8-15)17(23)24-2/h3-6,15H,7-10,12H2,1-2H3,(H,19,22). The van der Waals surface area contributed by atoms with Crippen LogP contribution in [0.5, 0.6) is 0 Å². The van der Waals surface area contributed by atoms with Gasteiger partial charge >= 0.3 is 12.1 Å². The van der Waals surface area contributed by atoms with Gasteiger partial charge in [0, 0.05) is 32.7 Å². The second-order valence-electron chi connectivity index (χ2n) is 5.85. The summed E-state index contributed by atoms with van der Waals surface area (Å²) in [7, 11) is 3.10. The van der Waals surface area contributed by atoms with Gasteiger partial charge in [-0.25, -0.2) is 9.59 Å². The number of ether oxygens (including phenoxy) is 1. The molecule has 0 radical (unpaired) electrons. The quantitative estimate of drug-likeness (QED) is 0.917. The number of benzene rings is 1. The average molecular weight is 330 g/mol. The lowest BCUT2D eigenvalue weighted by molar-refractivity contribution is 0.109. The van der Waals surface area contributed by atoms with Gasteiger partial charge in [0.1, 0.15) is 0 Å². The van der Waals surface area contributed by atoms with Gasteiger partial charge < -0.3 is 19.9 Å². The number of nitriles is 1. The molecule has 7 nitrogen and oxygen atoms in total. The number of hydrogen-bond acceptors (Lipinski definition) is 4. The second-order valence-corrected chi connectivity index (χ2v) is 5.85. The maximum atomic E-state index is 12.3. The third-order valence-electron chi connectivity index (χ3n) is 4.10. The number of nitrogens with one attached hydrogen (secondary N) is 1. The van der Waals surface area contributed by atoms with Gasteiger partial charge in [0.15, 0.2) is 0 Å². The molecule has 0 aliphatic carbocycles. The molecule has 0 spiro atoms. The Balaban J connectivity index is 1.79. The number of piperidine rings is 1. The van der Waals surface area contributed by atoms with Crippen LogP contribution in [-0.2, 0) is 11.3 Å². The summed E-state index contributed by atoms with van der Waals surface area (Å²) in [5.74, 6) is 0. The Morgan fingerprint density at radius 3 is 2.50 bits per heavy atom. The highest BCUT2D eigenvalue weighted by Gasteiger charge is 2.24. The Morgan fingerprint density at radius 1 is 1.33 bits per heavy atom. The smallest absolute Gasteiger partial charge is 0.409 e. The first-order chi connectivity index (χ1) is 11.5. The number of rotatable bonds is 3. The van der Waals surface area contributed by atoms with E-state index in [-0.39, 0.29) is 18.2 Å². The zero-order valence-corrected chi connectivity index (χ0v) is 14.0. The van der Waals surface area contributed by atoms with Crippen LogP contribution in [0.15, 0.2) is 24.3 Å². The average Bonchev–Trinajstić information content (AvgIpc) is 2.62. The number of carbonyl (C=O) groups is 2. The molecule has 1 aliphatic heterocycles. The van der Waals surface area contributed by atoms with E-state index in [0.717, 1.165) is 5.56 Å². The van der Waals surface area contributed by atoms with Gasteiger partial charge in [-0.3, -0.25) is 0 Å². The molecule has 128 valence electrons. The third-order valence-corrected chi connectivity index (χ3v) is 4.10. The van der Waals surface area contributed by atoms with Crippen molar-refractivity contribution in [1.82, 2.24) is 15.1 Å². The number of methoxy groups -OCH3 is 1. The van der Waals surface area contributed by atoms with Crippen LogP contribution in [0.3, 0.4) is 0 Å². The van der Waals surface area contributed by atoms with Crippen LogP contribution in [0.2, 0.25) is 0 Å². The lowest BCUT2D eigenvalue weighted by Crippen LogP contribution is -2.49. The molecule has 3 amide bonds. The highest BCUT2D eigenvalue weighted by atomic mass is 16.5. The molecule has 1 N–H and O–H groups in total. The molecule has 0 unspecified atom stereocenters. The Bertz CT molecular complexity index is 616. The van der Waals surface area contributed by atoms with Gasteiger partial charge in [0.2, 0.25) is 0 Å². The lowest BCUT2D eigenvalue weighted by atomic mass is 10.1. The number of nitrogens with zero attached hydrogens (tertiary/aromatic N) is 3. The van der Waals surface area contributed by atoms with Crippen molar-refractivity contribution < 1.29 is 14.3 Å². The second kappa shape index (κ2) is 8.20. The summed E-state index contributed by atoms with van der Waals surface area (Å²) in [4.78, 5) is 27.0. The van der Waals surface area contributed by atoms with E-state index in [9.17, 15) is 9.59 Å². The normalized spacial score (nSPS) is 14.6. The Labute approximate surface area is 141 Å². The van der Waals surface area contributed by atoms with Crippen molar-refractivity contribution in [3.05, 3.63) is 35.4 Å². The van der Waals surface area contributed by atoms with Crippen molar-refractivity contribution in [2.24, 2.45) is 0 Å². The monoisotopic (exact) mass is 330 g/mol. The zero-order valence-electron chi connectivity index (χ0n) is 14.0. The minimum absolute atomic E-state index is 0.0572. The van der Waals surface area contributed by atoms with Crippen molar-refractivity contribution in [3.63, 3.8) is 0 Å². The van der Waals surface area contributed by atoms with Crippen LogP contribution < -0.4 is 5.32 Å². The summed E-state index contributed by atoms with van der Waals surface area (Å²) in [6.45, 7) is 1.63. The summed E-state index contributed by atoms with van der Waals surface area (Å²) >= 11 is 0. The van der Waals surface area contributed by atoms with Gasteiger partial charge in [-0.05, 0) is 30.5 Å². The summed E-state index contributed by atoms with van der Waals surface area (Å²) < 4.78 is 4.70. The lowest BCUT2D eigenvalue weighted by Gasteiger charge is -2.32. The van der Waals surface area contributed by atoms with E-state index < -0.39 is 0 Å². The van der Waals surface area contributed by atoms with Gasteiger partial charge in [-0.2, -0.15) is 5.26 Å². The molecule has 0 saturated carbocycles. The maximum Gasteiger partial charge on any atom is 0.409 e. The first-order valence-electron chi connectivity index (χ1n) is 7.87. The number of carbonyl (C=O) groups excluding carboxylic acids is 2. The summed E-state index contributed by atoms with van der Waals surface area (Å²) in [6.07, 6.45) is 1.11. The molecular formula is C17H22N4O3. The highest BCUT2D eigenvalue weighted by Crippen LogP contribution is 2.12. The Morgan fingerprint density at radius 2 is 1.96 bits per heavy atom. The number of amides is 3. The van der Waals surface area contributed by atoms with Crippen molar-refractivity contribution in [2.75, 3.05) is 27.2 Å². The Hall–Kier alpha value is -2.75. The van der Waals surface area contributed by atoms with Crippen molar-refractivity contribution in [3.8, 4) is 6.07 Å². The van der Waals surface area contributed by atoms with E-state index in [2.05, 4.69) is 11.4 Å². The molecule has 1 aromatic carbocycles. The molecule has 7 heteroatoms. The van der Waals surface area contributed by atoms with E-state index >= 15 is 0 Å². The topological polar surface area (TPSA) is 85.7 Å². The fourth-order valence-electron chi connectivity index (χ4n) is 2.65. The molecular weight excluding hydrogens is 308 g/mol. The summed E-state index contributed by atoms with van der Waals surface area (Å²) in [5.41, 5.74) is 1.57. The summed E-state index contributed by atoms with van der Waals surface area (Å²) in [5, 5.41) is 11.8. The molecule has 1 saturated heterocycles. The fraction of sp³-hybridized carbons (Fsp3) is 0.471. The largest absolute Gasteiger partial charge is 0.453 e. The molecule has 24 heavy (non-hydrogen) atoms. The van der Waals surface area contributed by atoms with Gasteiger partial charge in [-0.1, -0.05) is 12.1 Å². The molecule has 0 atom stereocenters. The minimum atomic E-state index is -0.322. The predicted octanol–water partition coefficient (Wildman–Crippen LogP) is 1.93. The van der Waals surface area contributed by atoms with Gasteiger partial charge in [-0.15, -0.1) is 0 Å². The first kappa shape index (κ1) is 17.6. The van der Waals surface area contributed by atoms with Crippen molar-refractivity contribution in [2.45, 2.75) is 25.4 Å². The van der Waals surface area contributed by atoms with Crippen LogP contribution in [0.4, 0.5) is 9.59 Å². The summed E-state index contributed by atoms with van der Waals surface area (Å²) in [6, 6.07) is 9.15. The van der Waals surface area contributed by atoms with E-state index in [1.165, 1.54) is 7.11 Å². The first-order valence-corrected chi connectivity index (χ1v) is 7.87. The molecule has 2 rings (SSSR count).